The van der Waals surface area contributed by atoms with Crippen molar-refractivity contribution in [3.8, 4) is 17.3 Å². The molecule has 128 valence electrons. The molecule has 2 aliphatic rings. The van der Waals surface area contributed by atoms with Crippen molar-refractivity contribution in [1.82, 2.24) is 24.6 Å². The largest absolute Gasteiger partial charge is 0.490 e. The van der Waals surface area contributed by atoms with Gasteiger partial charge in [0.15, 0.2) is 5.82 Å². The van der Waals surface area contributed by atoms with Crippen molar-refractivity contribution in [1.29, 1.82) is 0 Å². The lowest BCUT2D eigenvalue weighted by Crippen LogP contribution is -2.28. The molecule has 6 nitrogen and oxygen atoms in total. The van der Waals surface area contributed by atoms with Crippen LogP contribution in [0, 0.1) is 0 Å². The Hall–Kier alpha value is -2.60. The number of nitrogens with one attached hydrogen (secondary N) is 1. The Morgan fingerprint density at radius 2 is 2.28 bits per heavy atom. The highest BCUT2D eigenvalue weighted by Crippen LogP contribution is 2.30. The van der Waals surface area contributed by atoms with E-state index in [1.165, 1.54) is 16.8 Å². The zero-order valence-corrected chi connectivity index (χ0v) is 14.3. The quantitative estimate of drug-likeness (QED) is 0.797. The maximum Gasteiger partial charge on any atom is 0.160 e. The predicted molar refractivity (Wildman–Crippen MR) is 94.5 cm³/mol. The summed E-state index contributed by atoms with van der Waals surface area (Å²) in [6, 6.07) is 8.63. The number of hydrogen-bond acceptors (Lipinski definition) is 4. The Morgan fingerprint density at radius 1 is 1.32 bits per heavy atom. The fraction of sp³-hybridized carbons (Fsp3) is 0.368. The lowest BCUT2D eigenvalue weighted by molar-refractivity contribution is 0.254. The normalized spacial score (nSPS) is 18.7. The summed E-state index contributed by atoms with van der Waals surface area (Å²) in [6.45, 7) is 5.66. The van der Waals surface area contributed by atoms with Crippen molar-refractivity contribution in [2.75, 3.05) is 6.54 Å². The Morgan fingerprint density at radius 3 is 3.20 bits per heavy atom. The molecule has 0 unspecified atom stereocenters. The second-order valence-electron chi connectivity index (χ2n) is 6.87. The summed E-state index contributed by atoms with van der Waals surface area (Å²) in [6.07, 6.45) is 5.14. The number of nitrogens with zero attached hydrogens (tertiary/aromatic N) is 4. The number of aromatic nitrogens is 4. The average molecular weight is 335 g/mol. The molecule has 6 heteroatoms. The van der Waals surface area contributed by atoms with Gasteiger partial charge in [-0.15, -0.1) is 0 Å². The van der Waals surface area contributed by atoms with E-state index in [2.05, 4.69) is 50.7 Å². The minimum atomic E-state index is 0.277. The van der Waals surface area contributed by atoms with Gasteiger partial charge in [0.25, 0.3) is 0 Å². The highest BCUT2D eigenvalue weighted by molar-refractivity contribution is 5.51. The summed E-state index contributed by atoms with van der Waals surface area (Å²) in [5.41, 5.74) is 4.73. The van der Waals surface area contributed by atoms with Gasteiger partial charge in [-0.1, -0.05) is 12.1 Å². The van der Waals surface area contributed by atoms with Crippen LogP contribution in [0.3, 0.4) is 0 Å². The van der Waals surface area contributed by atoms with Gasteiger partial charge in [-0.25, -0.2) is 4.98 Å². The van der Waals surface area contributed by atoms with E-state index in [0.717, 1.165) is 49.9 Å². The molecule has 0 fully saturated rings. The molecule has 0 aliphatic carbocycles. The van der Waals surface area contributed by atoms with Crippen LogP contribution in [-0.2, 0) is 26.1 Å². The van der Waals surface area contributed by atoms with Crippen molar-refractivity contribution in [3.63, 3.8) is 0 Å². The molecule has 0 saturated heterocycles. The standard InChI is InChI=1S/C19H21N5O/c1-13-8-15-9-14(2-3-18(15)25-13)12-23-6-5-21-19(23)17-10-16-11-20-4-7-24(16)22-17/h2-3,5-6,9-10,13,20H,4,7-8,11-12H2,1H3/t13-/m0/s1. The summed E-state index contributed by atoms with van der Waals surface area (Å²) in [7, 11) is 0. The van der Waals surface area contributed by atoms with Crippen molar-refractivity contribution < 1.29 is 4.74 Å². The van der Waals surface area contributed by atoms with Crippen LogP contribution < -0.4 is 10.1 Å². The van der Waals surface area contributed by atoms with E-state index in [1.54, 1.807) is 0 Å². The summed E-state index contributed by atoms with van der Waals surface area (Å²) >= 11 is 0. The van der Waals surface area contributed by atoms with Gasteiger partial charge in [0.2, 0.25) is 0 Å². The van der Waals surface area contributed by atoms with Gasteiger partial charge in [0.1, 0.15) is 17.5 Å². The Bertz CT molecular complexity index is 902. The van der Waals surface area contributed by atoms with Crippen molar-refractivity contribution in [3.05, 3.63) is 53.5 Å². The zero-order chi connectivity index (χ0) is 16.8. The van der Waals surface area contributed by atoms with Crippen molar-refractivity contribution >= 4 is 0 Å². The molecule has 0 radical (unpaired) electrons. The van der Waals surface area contributed by atoms with Gasteiger partial charge >= 0.3 is 0 Å². The third kappa shape index (κ3) is 2.62. The molecular weight excluding hydrogens is 314 g/mol. The third-order valence-electron chi connectivity index (χ3n) is 4.93. The highest BCUT2D eigenvalue weighted by atomic mass is 16.5. The second-order valence-corrected chi connectivity index (χ2v) is 6.87. The van der Waals surface area contributed by atoms with Crippen LogP contribution >= 0.6 is 0 Å². The van der Waals surface area contributed by atoms with Gasteiger partial charge in [-0.05, 0) is 30.2 Å². The molecule has 1 aromatic carbocycles. The molecule has 0 saturated carbocycles. The maximum absolute atomic E-state index is 5.80. The van der Waals surface area contributed by atoms with Crippen LogP contribution in [0.5, 0.6) is 5.75 Å². The number of benzene rings is 1. The van der Waals surface area contributed by atoms with Gasteiger partial charge in [-0.3, -0.25) is 4.68 Å². The number of imidazole rings is 1. The summed E-state index contributed by atoms with van der Waals surface area (Å²) in [5.74, 6) is 1.95. The number of rotatable bonds is 3. The molecular formula is C19H21N5O. The fourth-order valence-corrected chi connectivity index (χ4v) is 3.74. The van der Waals surface area contributed by atoms with Gasteiger partial charge in [0, 0.05) is 38.4 Å². The molecule has 0 amide bonds. The van der Waals surface area contributed by atoms with E-state index in [4.69, 9.17) is 9.84 Å². The van der Waals surface area contributed by atoms with E-state index >= 15 is 0 Å². The summed E-state index contributed by atoms with van der Waals surface area (Å²) < 4.78 is 10.1. The minimum Gasteiger partial charge on any atom is -0.490 e. The molecule has 0 spiro atoms. The van der Waals surface area contributed by atoms with E-state index in [9.17, 15) is 0 Å². The minimum absolute atomic E-state index is 0.277. The number of hydrogen-bond donors (Lipinski definition) is 1. The molecule has 1 N–H and O–H groups in total. The van der Waals surface area contributed by atoms with Gasteiger partial charge in [0.05, 0.1) is 12.2 Å². The van der Waals surface area contributed by atoms with E-state index in [-0.39, 0.29) is 6.10 Å². The number of ether oxygens (including phenoxy) is 1. The summed E-state index contributed by atoms with van der Waals surface area (Å²) in [5, 5.41) is 8.12. The monoisotopic (exact) mass is 335 g/mol. The Balaban J connectivity index is 1.44. The van der Waals surface area contributed by atoms with Crippen LogP contribution in [0.2, 0.25) is 0 Å². The van der Waals surface area contributed by atoms with Crippen LogP contribution in [0.4, 0.5) is 0 Å². The molecule has 2 aliphatic heterocycles. The predicted octanol–water partition coefficient (Wildman–Crippen LogP) is 2.22. The SMILES string of the molecule is C[C@H]1Cc2cc(Cn3ccnc3-c3cc4n(n3)CCNC4)ccc2O1. The molecule has 3 aromatic rings. The maximum atomic E-state index is 5.80. The third-order valence-corrected chi connectivity index (χ3v) is 4.93. The highest BCUT2D eigenvalue weighted by Gasteiger charge is 2.20. The van der Waals surface area contributed by atoms with E-state index < -0.39 is 0 Å². The van der Waals surface area contributed by atoms with Crippen LogP contribution in [0.25, 0.3) is 11.5 Å². The van der Waals surface area contributed by atoms with Crippen LogP contribution in [-0.4, -0.2) is 32.0 Å². The first kappa shape index (κ1) is 14.7. The fourth-order valence-electron chi connectivity index (χ4n) is 3.74. The molecule has 2 aromatic heterocycles. The van der Waals surface area contributed by atoms with Crippen LogP contribution in [0.15, 0.2) is 36.7 Å². The first-order valence-corrected chi connectivity index (χ1v) is 8.84. The molecule has 1 atom stereocenters. The zero-order valence-electron chi connectivity index (χ0n) is 14.3. The molecule has 4 heterocycles. The van der Waals surface area contributed by atoms with Crippen molar-refractivity contribution in [2.24, 2.45) is 0 Å². The topological polar surface area (TPSA) is 56.9 Å². The lowest BCUT2D eigenvalue weighted by Gasteiger charge is -2.13. The van der Waals surface area contributed by atoms with E-state index in [0.29, 0.717) is 0 Å². The first-order valence-electron chi connectivity index (χ1n) is 8.84. The summed E-state index contributed by atoms with van der Waals surface area (Å²) in [4.78, 5) is 4.55. The van der Waals surface area contributed by atoms with Gasteiger partial charge < -0.3 is 14.6 Å². The smallest absolute Gasteiger partial charge is 0.160 e. The molecule has 25 heavy (non-hydrogen) atoms. The first-order chi connectivity index (χ1) is 12.3. The molecule has 5 rings (SSSR count). The Labute approximate surface area is 146 Å². The average Bonchev–Trinajstić information content (AvgIpc) is 3.30. The van der Waals surface area contributed by atoms with Gasteiger partial charge in [-0.2, -0.15) is 5.10 Å². The van der Waals surface area contributed by atoms with E-state index in [1.807, 2.05) is 12.4 Å². The Kier molecular flexibility index (Phi) is 3.38. The molecule has 0 bridgehead atoms. The van der Waals surface area contributed by atoms with Crippen LogP contribution in [0.1, 0.15) is 23.7 Å². The second kappa shape index (κ2) is 5.74. The lowest BCUT2D eigenvalue weighted by atomic mass is 10.1. The van der Waals surface area contributed by atoms with Crippen molar-refractivity contribution in [2.45, 2.75) is 39.1 Å². The number of fused-ring (bicyclic) bond motifs is 2.